The van der Waals surface area contributed by atoms with Crippen LogP contribution in [-0.2, 0) is 17.7 Å². The molecule has 3 rings (SSSR count). The minimum atomic E-state index is 0.854. The number of halogens is 1. The van der Waals surface area contributed by atoms with Gasteiger partial charge in [-0.25, -0.2) is 4.98 Å². The third kappa shape index (κ3) is 4.15. The van der Waals surface area contributed by atoms with E-state index in [9.17, 15) is 0 Å². The van der Waals surface area contributed by atoms with Gasteiger partial charge in [0.05, 0.1) is 13.2 Å². The maximum Gasteiger partial charge on any atom is 0.110 e. The second kappa shape index (κ2) is 7.20. The van der Waals surface area contributed by atoms with Crippen molar-refractivity contribution in [2.24, 2.45) is 0 Å². The van der Waals surface area contributed by atoms with E-state index >= 15 is 0 Å². The van der Waals surface area contributed by atoms with Gasteiger partial charge in [0.2, 0.25) is 0 Å². The van der Waals surface area contributed by atoms with Crippen molar-refractivity contribution in [2.45, 2.75) is 13.0 Å². The van der Waals surface area contributed by atoms with Crippen LogP contribution in [0.5, 0.6) is 0 Å². The Labute approximate surface area is 133 Å². The lowest BCUT2D eigenvalue weighted by molar-refractivity contribution is 0.0381. The quantitative estimate of drug-likeness (QED) is 0.830. The zero-order valence-corrected chi connectivity index (χ0v) is 13.6. The Hall–Kier alpha value is -1.17. The molecule has 0 unspecified atom stereocenters. The van der Waals surface area contributed by atoms with Crippen molar-refractivity contribution in [3.8, 4) is 0 Å². The van der Waals surface area contributed by atoms with E-state index in [1.54, 1.807) is 0 Å². The van der Waals surface area contributed by atoms with Gasteiger partial charge in [-0.3, -0.25) is 4.90 Å². The maximum atomic E-state index is 5.38. The van der Waals surface area contributed by atoms with Crippen LogP contribution in [0.25, 0.3) is 0 Å². The molecule has 0 radical (unpaired) electrons. The molecule has 21 heavy (non-hydrogen) atoms. The van der Waals surface area contributed by atoms with Crippen LogP contribution < -0.4 is 0 Å². The molecule has 1 fully saturated rings. The minimum absolute atomic E-state index is 0.854. The zero-order valence-electron chi connectivity index (χ0n) is 12.0. The molecule has 4 nitrogen and oxygen atoms in total. The molecule has 1 saturated heterocycles. The Morgan fingerprint density at radius 3 is 2.90 bits per heavy atom. The Bertz CT molecular complexity index is 578. The molecule has 1 aliphatic heterocycles. The van der Waals surface area contributed by atoms with Gasteiger partial charge in [-0.1, -0.05) is 28.1 Å². The number of benzene rings is 1. The number of aromatic nitrogens is 2. The van der Waals surface area contributed by atoms with Crippen LogP contribution in [0.3, 0.4) is 0 Å². The van der Waals surface area contributed by atoms with Gasteiger partial charge < -0.3 is 9.30 Å². The van der Waals surface area contributed by atoms with Gasteiger partial charge in [0.15, 0.2) is 0 Å². The van der Waals surface area contributed by atoms with Crippen molar-refractivity contribution in [1.82, 2.24) is 14.5 Å². The Morgan fingerprint density at radius 2 is 2.10 bits per heavy atom. The molecule has 2 heterocycles. The highest BCUT2D eigenvalue weighted by atomic mass is 79.9. The SMILES string of the molecule is Brc1cccc(Cn2ccnc2CCN2CCOCC2)c1. The summed E-state index contributed by atoms with van der Waals surface area (Å²) in [7, 11) is 0. The molecule has 0 saturated carbocycles. The van der Waals surface area contributed by atoms with Crippen molar-refractivity contribution in [3.63, 3.8) is 0 Å². The van der Waals surface area contributed by atoms with Crippen molar-refractivity contribution in [1.29, 1.82) is 0 Å². The van der Waals surface area contributed by atoms with Crippen molar-refractivity contribution in [2.75, 3.05) is 32.8 Å². The first-order valence-electron chi connectivity index (χ1n) is 7.36. The van der Waals surface area contributed by atoms with Gasteiger partial charge in [0.25, 0.3) is 0 Å². The van der Waals surface area contributed by atoms with Crippen LogP contribution in [0.15, 0.2) is 41.1 Å². The molecule has 0 aliphatic carbocycles. The highest BCUT2D eigenvalue weighted by Crippen LogP contribution is 2.14. The number of hydrogen-bond acceptors (Lipinski definition) is 3. The van der Waals surface area contributed by atoms with Gasteiger partial charge in [0, 0.05) is 49.5 Å². The fraction of sp³-hybridized carbons (Fsp3) is 0.438. The summed E-state index contributed by atoms with van der Waals surface area (Å²) < 4.78 is 8.74. The predicted molar refractivity (Wildman–Crippen MR) is 86.4 cm³/mol. The minimum Gasteiger partial charge on any atom is -0.379 e. The number of hydrogen-bond donors (Lipinski definition) is 0. The highest BCUT2D eigenvalue weighted by molar-refractivity contribution is 9.10. The fourth-order valence-electron chi connectivity index (χ4n) is 2.63. The number of ether oxygens (including phenoxy) is 1. The molecule has 0 amide bonds. The van der Waals surface area contributed by atoms with E-state index in [1.807, 2.05) is 6.20 Å². The van der Waals surface area contributed by atoms with E-state index in [2.05, 4.69) is 60.8 Å². The summed E-state index contributed by atoms with van der Waals surface area (Å²) in [5.74, 6) is 1.15. The Balaban J connectivity index is 1.60. The molecule has 1 aromatic carbocycles. The van der Waals surface area contributed by atoms with Gasteiger partial charge in [-0.2, -0.15) is 0 Å². The van der Waals surface area contributed by atoms with Gasteiger partial charge in [-0.15, -0.1) is 0 Å². The molecule has 0 spiro atoms. The second-order valence-corrected chi connectivity index (χ2v) is 6.22. The largest absolute Gasteiger partial charge is 0.379 e. The number of nitrogens with zero attached hydrogens (tertiary/aromatic N) is 3. The van der Waals surface area contributed by atoms with Crippen LogP contribution in [0, 0.1) is 0 Å². The summed E-state index contributed by atoms with van der Waals surface area (Å²) in [6.07, 6.45) is 4.95. The maximum absolute atomic E-state index is 5.38. The first kappa shape index (κ1) is 14.8. The first-order chi connectivity index (χ1) is 10.3. The molecule has 1 aliphatic rings. The lowest BCUT2D eigenvalue weighted by Gasteiger charge is -2.26. The van der Waals surface area contributed by atoms with E-state index < -0.39 is 0 Å². The molecular formula is C16H20BrN3O. The smallest absolute Gasteiger partial charge is 0.110 e. The number of rotatable bonds is 5. The van der Waals surface area contributed by atoms with Crippen LogP contribution >= 0.6 is 15.9 Å². The summed E-state index contributed by atoms with van der Waals surface area (Å²) >= 11 is 3.52. The first-order valence-corrected chi connectivity index (χ1v) is 8.15. The molecule has 0 N–H and O–H groups in total. The number of morpholine rings is 1. The lowest BCUT2D eigenvalue weighted by Crippen LogP contribution is -2.37. The third-order valence-electron chi connectivity index (χ3n) is 3.80. The average Bonchev–Trinajstić information content (AvgIpc) is 2.93. The molecule has 0 bridgehead atoms. The molecule has 2 aromatic rings. The van der Waals surface area contributed by atoms with Crippen molar-refractivity contribution in [3.05, 3.63) is 52.5 Å². The standard InChI is InChI=1S/C16H20BrN3O/c17-15-3-1-2-14(12-15)13-20-7-5-18-16(20)4-6-19-8-10-21-11-9-19/h1-3,5,7,12H,4,6,8-11,13H2. The molecular weight excluding hydrogens is 330 g/mol. The molecule has 5 heteroatoms. The predicted octanol–water partition coefficient (Wildman–Crippen LogP) is 2.57. The van der Waals surface area contributed by atoms with E-state index in [1.165, 1.54) is 5.56 Å². The molecule has 112 valence electrons. The molecule has 1 aromatic heterocycles. The van der Waals surface area contributed by atoms with Crippen LogP contribution in [0.4, 0.5) is 0 Å². The van der Waals surface area contributed by atoms with Crippen LogP contribution in [0.1, 0.15) is 11.4 Å². The topological polar surface area (TPSA) is 30.3 Å². The summed E-state index contributed by atoms with van der Waals surface area (Å²) in [5.41, 5.74) is 1.29. The van der Waals surface area contributed by atoms with E-state index in [4.69, 9.17) is 4.74 Å². The summed E-state index contributed by atoms with van der Waals surface area (Å²) in [5, 5.41) is 0. The van der Waals surface area contributed by atoms with Crippen LogP contribution in [-0.4, -0.2) is 47.3 Å². The molecule has 0 atom stereocenters. The van der Waals surface area contributed by atoms with Gasteiger partial charge in [-0.05, 0) is 17.7 Å². The summed E-state index contributed by atoms with van der Waals surface area (Å²) in [6, 6.07) is 8.43. The Kier molecular flexibility index (Phi) is 5.06. The van der Waals surface area contributed by atoms with Crippen molar-refractivity contribution < 1.29 is 4.74 Å². The number of imidazole rings is 1. The summed E-state index contributed by atoms with van der Waals surface area (Å²) in [4.78, 5) is 6.96. The van der Waals surface area contributed by atoms with E-state index in [0.717, 1.165) is 56.1 Å². The van der Waals surface area contributed by atoms with E-state index in [0.29, 0.717) is 0 Å². The Morgan fingerprint density at radius 1 is 1.24 bits per heavy atom. The zero-order chi connectivity index (χ0) is 14.5. The van der Waals surface area contributed by atoms with Crippen LogP contribution in [0.2, 0.25) is 0 Å². The van der Waals surface area contributed by atoms with Gasteiger partial charge in [0.1, 0.15) is 5.82 Å². The normalized spacial score (nSPS) is 16.2. The van der Waals surface area contributed by atoms with Crippen molar-refractivity contribution >= 4 is 15.9 Å². The fourth-order valence-corrected chi connectivity index (χ4v) is 3.07. The second-order valence-electron chi connectivity index (χ2n) is 5.31. The lowest BCUT2D eigenvalue weighted by atomic mass is 10.2. The van der Waals surface area contributed by atoms with E-state index in [-0.39, 0.29) is 0 Å². The highest BCUT2D eigenvalue weighted by Gasteiger charge is 2.11. The average molecular weight is 350 g/mol. The van der Waals surface area contributed by atoms with Gasteiger partial charge >= 0.3 is 0 Å². The summed E-state index contributed by atoms with van der Waals surface area (Å²) in [6.45, 7) is 5.70. The monoisotopic (exact) mass is 349 g/mol. The third-order valence-corrected chi connectivity index (χ3v) is 4.29.